The van der Waals surface area contributed by atoms with E-state index in [1.165, 1.54) is 12.1 Å². The maximum absolute atomic E-state index is 14.1. The molecule has 146 valence electrons. The zero-order valence-corrected chi connectivity index (χ0v) is 15.6. The molecule has 4 rings (SSSR count). The summed E-state index contributed by atoms with van der Waals surface area (Å²) in [7, 11) is 0. The van der Waals surface area contributed by atoms with Crippen LogP contribution in [0.1, 0.15) is 36.5 Å². The summed E-state index contributed by atoms with van der Waals surface area (Å²) in [4.78, 5) is 11.5. The second-order valence-corrected chi connectivity index (χ2v) is 6.93. The van der Waals surface area contributed by atoms with Gasteiger partial charge in [-0.25, -0.2) is 4.39 Å². The van der Waals surface area contributed by atoms with Crippen molar-refractivity contribution in [1.82, 2.24) is 4.57 Å². The SMILES string of the molecule is CCCCc1cccc2c1c(N=O)c(O)n2Cc1cc(F)cc2c1OCOC2. The number of benzene rings is 2. The van der Waals surface area contributed by atoms with Crippen molar-refractivity contribution in [3.8, 4) is 11.6 Å². The molecule has 3 aromatic rings. The van der Waals surface area contributed by atoms with Gasteiger partial charge < -0.3 is 19.1 Å². The van der Waals surface area contributed by atoms with E-state index in [9.17, 15) is 14.4 Å². The van der Waals surface area contributed by atoms with Crippen molar-refractivity contribution < 1.29 is 19.0 Å². The van der Waals surface area contributed by atoms with Crippen molar-refractivity contribution in [3.05, 3.63) is 57.7 Å². The lowest BCUT2D eigenvalue weighted by Gasteiger charge is -2.21. The summed E-state index contributed by atoms with van der Waals surface area (Å²) in [5.41, 5.74) is 2.87. The predicted molar refractivity (Wildman–Crippen MR) is 103 cm³/mol. The Morgan fingerprint density at radius 1 is 1.29 bits per heavy atom. The molecule has 0 saturated heterocycles. The molecule has 6 nitrogen and oxygen atoms in total. The van der Waals surface area contributed by atoms with E-state index in [1.807, 2.05) is 18.2 Å². The van der Waals surface area contributed by atoms with Crippen molar-refractivity contribution in [2.75, 3.05) is 6.79 Å². The molecule has 2 heterocycles. The zero-order chi connectivity index (χ0) is 19.7. The van der Waals surface area contributed by atoms with Crippen LogP contribution < -0.4 is 4.74 Å². The lowest BCUT2D eigenvalue weighted by Crippen LogP contribution is -2.14. The molecule has 1 aliphatic heterocycles. The molecule has 0 saturated carbocycles. The Morgan fingerprint density at radius 3 is 2.93 bits per heavy atom. The summed E-state index contributed by atoms with van der Waals surface area (Å²) in [6.07, 6.45) is 2.77. The molecule has 0 amide bonds. The highest BCUT2D eigenvalue weighted by Gasteiger charge is 2.23. The molecule has 1 N–H and O–H groups in total. The first-order valence-corrected chi connectivity index (χ1v) is 9.32. The van der Waals surface area contributed by atoms with Gasteiger partial charge in [0.05, 0.1) is 18.7 Å². The van der Waals surface area contributed by atoms with Crippen LogP contribution in [-0.2, 0) is 24.3 Å². The highest BCUT2D eigenvalue weighted by molar-refractivity contribution is 5.97. The van der Waals surface area contributed by atoms with E-state index in [2.05, 4.69) is 12.1 Å². The number of nitrogens with zero attached hydrogens (tertiary/aromatic N) is 2. The van der Waals surface area contributed by atoms with Crippen LogP contribution >= 0.6 is 0 Å². The average molecular weight is 384 g/mol. The lowest BCUT2D eigenvalue weighted by molar-refractivity contribution is -0.0173. The van der Waals surface area contributed by atoms with E-state index >= 15 is 0 Å². The Morgan fingerprint density at radius 2 is 2.14 bits per heavy atom. The summed E-state index contributed by atoms with van der Waals surface area (Å²) >= 11 is 0. The van der Waals surface area contributed by atoms with Gasteiger partial charge in [0.25, 0.3) is 0 Å². The maximum Gasteiger partial charge on any atom is 0.222 e. The molecule has 0 fully saturated rings. The van der Waals surface area contributed by atoms with E-state index < -0.39 is 5.82 Å². The number of hydrogen-bond donors (Lipinski definition) is 1. The fraction of sp³-hybridized carbons (Fsp3) is 0.333. The Bertz CT molecular complexity index is 1040. The van der Waals surface area contributed by atoms with Gasteiger partial charge in [-0.15, -0.1) is 4.91 Å². The van der Waals surface area contributed by atoms with Crippen LogP contribution in [0.5, 0.6) is 11.6 Å². The third-order valence-electron chi connectivity index (χ3n) is 5.09. The second kappa shape index (κ2) is 7.59. The molecule has 0 aliphatic carbocycles. The molecular formula is C21H21FN2O4. The second-order valence-electron chi connectivity index (χ2n) is 6.93. The third kappa shape index (κ3) is 3.11. The molecule has 7 heteroatoms. The number of rotatable bonds is 6. The Balaban J connectivity index is 1.85. The number of hydrogen-bond acceptors (Lipinski definition) is 5. The van der Waals surface area contributed by atoms with Crippen LogP contribution in [0, 0.1) is 10.7 Å². The van der Waals surface area contributed by atoms with Crippen molar-refractivity contribution in [2.24, 2.45) is 5.18 Å². The largest absolute Gasteiger partial charge is 0.493 e. The quantitative estimate of drug-likeness (QED) is 0.597. The van der Waals surface area contributed by atoms with Crippen LogP contribution in [0.3, 0.4) is 0 Å². The van der Waals surface area contributed by atoms with Crippen LogP contribution in [0.4, 0.5) is 10.1 Å². The molecule has 2 aromatic carbocycles. The zero-order valence-electron chi connectivity index (χ0n) is 15.6. The van der Waals surface area contributed by atoms with E-state index in [1.54, 1.807) is 4.57 Å². The number of nitroso groups, excluding NO2 is 1. The maximum atomic E-state index is 14.1. The topological polar surface area (TPSA) is 73.0 Å². The number of aryl methyl sites for hydroxylation is 1. The van der Waals surface area contributed by atoms with E-state index in [4.69, 9.17) is 9.47 Å². The first-order valence-electron chi connectivity index (χ1n) is 9.32. The molecule has 1 aliphatic rings. The highest BCUT2D eigenvalue weighted by Crippen LogP contribution is 2.42. The number of fused-ring (bicyclic) bond motifs is 2. The van der Waals surface area contributed by atoms with Gasteiger partial charge in [-0.05, 0) is 41.8 Å². The third-order valence-corrected chi connectivity index (χ3v) is 5.09. The summed E-state index contributed by atoms with van der Waals surface area (Å²) in [5.74, 6) is -0.0770. The van der Waals surface area contributed by atoms with Crippen LogP contribution in [0.25, 0.3) is 10.9 Å². The van der Waals surface area contributed by atoms with E-state index in [-0.39, 0.29) is 31.5 Å². The fourth-order valence-electron chi connectivity index (χ4n) is 3.81. The monoisotopic (exact) mass is 384 g/mol. The van der Waals surface area contributed by atoms with Gasteiger partial charge in [-0.2, -0.15) is 0 Å². The van der Waals surface area contributed by atoms with Crippen LogP contribution in [0.2, 0.25) is 0 Å². The molecule has 0 spiro atoms. The smallest absolute Gasteiger partial charge is 0.222 e. The first-order chi connectivity index (χ1) is 13.6. The van der Waals surface area contributed by atoms with Crippen molar-refractivity contribution in [1.29, 1.82) is 0 Å². The Hall–Kier alpha value is -2.93. The van der Waals surface area contributed by atoms with Crippen molar-refractivity contribution in [2.45, 2.75) is 39.3 Å². The van der Waals surface area contributed by atoms with Gasteiger partial charge in [0, 0.05) is 16.5 Å². The highest BCUT2D eigenvalue weighted by atomic mass is 19.1. The summed E-state index contributed by atoms with van der Waals surface area (Å²) < 4.78 is 26.5. The minimum Gasteiger partial charge on any atom is -0.493 e. The minimum absolute atomic E-state index is 0.0243. The summed E-state index contributed by atoms with van der Waals surface area (Å²) in [6.45, 7) is 2.60. The van der Waals surface area contributed by atoms with Gasteiger partial charge in [-0.1, -0.05) is 25.5 Å². The normalized spacial score (nSPS) is 13.4. The van der Waals surface area contributed by atoms with Gasteiger partial charge in [0.15, 0.2) is 12.5 Å². The van der Waals surface area contributed by atoms with Crippen molar-refractivity contribution in [3.63, 3.8) is 0 Å². The minimum atomic E-state index is -0.406. The van der Waals surface area contributed by atoms with Crippen LogP contribution in [0.15, 0.2) is 35.5 Å². The van der Waals surface area contributed by atoms with E-state index in [0.29, 0.717) is 27.8 Å². The number of unbranched alkanes of at least 4 members (excludes halogenated alkanes) is 1. The van der Waals surface area contributed by atoms with Gasteiger partial charge in [0.1, 0.15) is 11.6 Å². The molecule has 0 unspecified atom stereocenters. The first kappa shape index (κ1) is 18.4. The molecule has 0 bridgehead atoms. The van der Waals surface area contributed by atoms with Crippen LogP contribution in [-0.4, -0.2) is 16.5 Å². The standard InChI is InChI=1S/C21H21FN2O4/c1-2-3-5-13-6-4-7-17-18(13)19(23-26)21(25)24(17)10-14-8-16(22)9-15-11-27-12-28-20(14)15/h4,6-9,25H,2-3,5,10-12H2,1H3. The molecule has 0 radical (unpaired) electrons. The molecule has 0 atom stereocenters. The van der Waals surface area contributed by atoms with Gasteiger partial charge >= 0.3 is 0 Å². The molecule has 28 heavy (non-hydrogen) atoms. The lowest BCUT2D eigenvalue weighted by atomic mass is 10.0. The average Bonchev–Trinajstić information content (AvgIpc) is 2.98. The Labute approximate surface area is 161 Å². The van der Waals surface area contributed by atoms with Gasteiger partial charge in [-0.3, -0.25) is 0 Å². The predicted octanol–water partition coefficient (Wildman–Crippen LogP) is 5.14. The number of halogens is 1. The molecular weight excluding hydrogens is 363 g/mol. The number of aromatic nitrogens is 1. The summed E-state index contributed by atoms with van der Waals surface area (Å²) in [5, 5.41) is 14.4. The van der Waals surface area contributed by atoms with E-state index in [0.717, 1.165) is 24.8 Å². The number of aromatic hydroxyl groups is 1. The summed E-state index contributed by atoms with van der Waals surface area (Å²) in [6, 6.07) is 8.43. The fourth-order valence-corrected chi connectivity index (χ4v) is 3.81. The molecule has 1 aromatic heterocycles. The number of ether oxygens (including phenoxy) is 2. The van der Waals surface area contributed by atoms with Crippen molar-refractivity contribution >= 4 is 16.6 Å². The Kier molecular flexibility index (Phi) is 5.00. The van der Waals surface area contributed by atoms with Gasteiger partial charge in [0.2, 0.25) is 5.88 Å².